The van der Waals surface area contributed by atoms with E-state index in [9.17, 15) is 19.2 Å². The van der Waals surface area contributed by atoms with Crippen molar-refractivity contribution < 1.29 is 19.2 Å². The van der Waals surface area contributed by atoms with Gasteiger partial charge in [0, 0.05) is 41.5 Å². The van der Waals surface area contributed by atoms with Crippen LogP contribution in [0.1, 0.15) is 69.9 Å². The second kappa shape index (κ2) is 10.0. The molecule has 0 aliphatic carbocycles. The molecule has 1 unspecified atom stereocenters. The molecular weight excluding hydrogens is 510 g/mol. The van der Waals surface area contributed by atoms with Gasteiger partial charge in [-0.3, -0.25) is 24.5 Å². The van der Waals surface area contributed by atoms with Gasteiger partial charge < -0.3 is 9.80 Å². The molecule has 2 saturated heterocycles. The second-order valence-corrected chi connectivity index (χ2v) is 10.5. The Bertz CT molecular complexity index is 1170. The fraction of sp³-hybridized carbons (Fsp3) is 0.407. The number of nitrogens with zero attached hydrogens (tertiary/aromatic N) is 2. The number of Topliss-reactive ketones (excluding diaryl/α,β-unsaturated/α-hetero) is 1. The first-order chi connectivity index (χ1) is 16.9. The summed E-state index contributed by atoms with van der Waals surface area (Å²) < 4.78 is 1.09. The summed E-state index contributed by atoms with van der Waals surface area (Å²) in [5.41, 5.74) is 3.27. The average molecular weight is 538 g/mol. The number of likely N-dealkylation sites (tertiary alicyclic amines) is 1. The monoisotopic (exact) mass is 537 g/mol. The summed E-state index contributed by atoms with van der Waals surface area (Å²) in [6, 6.07) is 13.1. The number of rotatable bonds is 6. The lowest BCUT2D eigenvalue weighted by Crippen LogP contribution is -2.52. The van der Waals surface area contributed by atoms with Crippen molar-refractivity contribution in [3.8, 4) is 0 Å². The van der Waals surface area contributed by atoms with Crippen LogP contribution in [0.3, 0.4) is 0 Å². The van der Waals surface area contributed by atoms with Crippen LogP contribution in [-0.4, -0.2) is 59.0 Å². The van der Waals surface area contributed by atoms with Crippen LogP contribution in [0.4, 0.5) is 0 Å². The van der Waals surface area contributed by atoms with E-state index in [0.717, 1.165) is 42.5 Å². The zero-order valence-electron chi connectivity index (χ0n) is 19.5. The van der Waals surface area contributed by atoms with Crippen LogP contribution < -0.4 is 5.32 Å². The highest BCUT2D eigenvalue weighted by atomic mass is 79.9. The number of carbonyl (C=O) groups excluding carboxylic acids is 4. The van der Waals surface area contributed by atoms with Gasteiger partial charge in [0.1, 0.15) is 6.04 Å². The maximum atomic E-state index is 12.9. The summed E-state index contributed by atoms with van der Waals surface area (Å²) in [5, 5.41) is 2.31. The van der Waals surface area contributed by atoms with E-state index in [2.05, 4.69) is 50.4 Å². The van der Waals surface area contributed by atoms with Crippen LogP contribution in [-0.2, 0) is 16.1 Å². The normalized spacial score (nSPS) is 21.2. The Hall–Kier alpha value is -2.84. The van der Waals surface area contributed by atoms with Gasteiger partial charge in [0.25, 0.3) is 5.91 Å². The number of amides is 3. The molecule has 0 bridgehead atoms. The number of hydrogen-bond acceptors (Lipinski definition) is 5. The Morgan fingerprint density at radius 1 is 1.00 bits per heavy atom. The first kappa shape index (κ1) is 23.9. The van der Waals surface area contributed by atoms with Crippen LogP contribution in [0.2, 0.25) is 0 Å². The third-order valence-electron chi connectivity index (χ3n) is 7.43. The van der Waals surface area contributed by atoms with Gasteiger partial charge in [-0.15, -0.1) is 0 Å². The van der Waals surface area contributed by atoms with Crippen molar-refractivity contribution in [2.75, 3.05) is 19.6 Å². The van der Waals surface area contributed by atoms with E-state index in [1.54, 1.807) is 18.2 Å². The number of halogens is 1. The van der Waals surface area contributed by atoms with Crippen molar-refractivity contribution in [2.24, 2.45) is 0 Å². The summed E-state index contributed by atoms with van der Waals surface area (Å²) in [4.78, 5) is 53.3. The summed E-state index contributed by atoms with van der Waals surface area (Å²) in [7, 11) is 0. The van der Waals surface area contributed by atoms with Crippen molar-refractivity contribution in [1.82, 2.24) is 15.1 Å². The van der Waals surface area contributed by atoms with Crippen molar-refractivity contribution in [1.29, 1.82) is 0 Å². The molecule has 0 aromatic heterocycles. The lowest BCUT2D eigenvalue weighted by atomic mass is 9.89. The molecule has 3 aliphatic heterocycles. The molecule has 2 fully saturated rings. The standard InChI is InChI=1S/C27H28BrN3O4/c28-21-4-1-17(2-5-21)18-9-12-30(13-10-18)14-11-24(32)19-3-6-22-20(15-19)16-31(27(22)35)23-7-8-25(33)29-26(23)34/h1-6,15,18,23H,7-14,16H2,(H,29,33,34). The number of benzene rings is 2. The topological polar surface area (TPSA) is 86.8 Å². The van der Waals surface area contributed by atoms with E-state index >= 15 is 0 Å². The Labute approximate surface area is 213 Å². The second-order valence-electron chi connectivity index (χ2n) is 9.61. The van der Waals surface area contributed by atoms with Crippen LogP contribution in [0.5, 0.6) is 0 Å². The minimum atomic E-state index is -0.646. The molecule has 7 nitrogen and oxygen atoms in total. The highest BCUT2D eigenvalue weighted by molar-refractivity contribution is 9.10. The number of carbonyl (C=O) groups is 4. The fourth-order valence-corrected chi connectivity index (χ4v) is 5.64. The molecule has 0 saturated carbocycles. The molecule has 1 N–H and O–H groups in total. The van der Waals surface area contributed by atoms with Gasteiger partial charge in [-0.05, 0) is 73.7 Å². The van der Waals surface area contributed by atoms with Gasteiger partial charge >= 0.3 is 0 Å². The molecule has 5 rings (SSSR count). The van der Waals surface area contributed by atoms with E-state index < -0.39 is 11.9 Å². The Morgan fingerprint density at radius 2 is 1.74 bits per heavy atom. The lowest BCUT2D eigenvalue weighted by Gasteiger charge is -2.32. The van der Waals surface area contributed by atoms with E-state index in [0.29, 0.717) is 29.9 Å². The molecule has 8 heteroatoms. The van der Waals surface area contributed by atoms with E-state index in [1.165, 1.54) is 10.5 Å². The van der Waals surface area contributed by atoms with Crippen LogP contribution >= 0.6 is 15.9 Å². The minimum Gasteiger partial charge on any atom is -0.322 e. The predicted molar refractivity (Wildman–Crippen MR) is 134 cm³/mol. The van der Waals surface area contributed by atoms with Crippen molar-refractivity contribution in [3.05, 3.63) is 69.2 Å². The molecule has 0 radical (unpaired) electrons. The molecular formula is C27H28BrN3O4. The molecule has 3 aliphatic rings. The van der Waals surface area contributed by atoms with Crippen LogP contribution in [0.25, 0.3) is 0 Å². The largest absolute Gasteiger partial charge is 0.322 e. The van der Waals surface area contributed by atoms with Crippen LogP contribution in [0.15, 0.2) is 46.9 Å². The zero-order chi connectivity index (χ0) is 24.5. The molecule has 0 spiro atoms. The average Bonchev–Trinajstić information content (AvgIpc) is 3.19. The summed E-state index contributed by atoms with van der Waals surface area (Å²) in [5.74, 6) is -0.322. The molecule has 3 amide bonds. The molecule has 182 valence electrons. The Kier molecular flexibility index (Phi) is 6.84. The van der Waals surface area contributed by atoms with Gasteiger partial charge in [0.2, 0.25) is 11.8 Å². The van der Waals surface area contributed by atoms with E-state index in [-0.39, 0.29) is 30.6 Å². The number of nitrogens with one attached hydrogen (secondary N) is 1. The van der Waals surface area contributed by atoms with Gasteiger partial charge in [-0.2, -0.15) is 0 Å². The lowest BCUT2D eigenvalue weighted by molar-refractivity contribution is -0.136. The number of piperidine rings is 2. The maximum absolute atomic E-state index is 12.9. The highest BCUT2D eigenvalue weighted by Crippen LogP contribution is 2.30. The number of imide groups is 1. The molecule has 2 aromatic rings. The van der Waals surface area contributed by atoms with Gasteiger partial charge in [0.15, 0.2) is 5.78 Å². The Morgan fingerprint density at radius 3 is 2.46 bits per heavy atom. The van der Waals surface area contributed by atoms with Gasteiger partial charge in [0.05, 0.1) is 0 Å². The third-order valence-corrected chi connectivity index (χ3v) is 7.96. The van der Waals surface area contributed by atoms with Crippen molar-refractivity contribution in [3.63, 3.8) is 0 Å². The molecule has 1 atom stereocenters. The SMILES string of the molecule is O=C1CCC(N2Cc3cc(C(=O)CCN4CCC(c5ccc(Br)cc5)CC4)ccc3C2=O)C(=O)N1. The number of hydrogen-bond donors (Lipinski definition) is 1. The smallest absolute Gasteiger partial charge is 0.255 e. The summed E-state index contributed by atoms with van der Waals surface area (Å²) in [6.45, 7) is 2.97. The third kappa shape index (κ3) is 5.09. The minimum absolute atomic E-state index is 0.0646. The number of ketones is 1. The van der Waals surface area contributed by atoms with Crippen molar-refractivity contribution >= 4 is 39.4 Å². The van der Waals surface area contributed by atoms with Gasteiger partial charge in [-0.1, -0.05) is 34.1 Å². The summed E-state index contributed by atoms with van der Waals surface area (Å²) >= 11 is 3.49. The summed E-state index contributed by atoms with van der Waals surface area (Å²) in [6.07, 6.45) is 3.17. The Balaban J connectivity index is 1.15. The predicted octanol–water partition coefficient (Wildman–Crippen LogP) is 3.66. The van der Waals surface area contributed by atoms with E-state index in [4.69, 9.17) is 0 Å². The zero-order valence-corrected chi connectivity index (χ0v) is 21.1. The number of fused-ring (bicyclic) bond motifs is 1. The van der Waals surface area contributed by atoms with Crippen LogP contribution in [0, 0.1) is 0 Å². The fourth-order valence-electron chi connectivity index (χ4n) is 5.38. The quantitative estimate of drug-likeness (QED) is 0.448. The molecule has 35 heavy (non-hydrogen) atoms. The maximum Gasteiger partial charge on any atom is 0.255 e. The first-order valence-corrected chi connectivity index (χ1v) is 13.0. The molecule has 3 heterocycles. The van der Waals surface area contributed by atoms with Gasteiger partial charge in [-0.25, -0.2) is 0 Å². The van der Waals surface area contributed by atoms with Crippen molar-refractivity contribution in [2.45, 2.75) is 50.6 Å². The first-order valence-electron chi connectivity index (χ1n) is 12.2. The highest BCUT2D eigenvalue weighted by Gasteiger charge is 2.39. The van der Waals surface area contributed by atoms with E-state index in [1.807, 2.05) is 0 Å². The molecule has 2 aromatic carbocycles.